The molecule has 0 radical (unpaired) electrons. The van der Waals surface area contributed by atoms with Gasteiger partial charge in [0.1, 0.15) is 16.7 Å². The molecular weight excluding hydrogens is 294 g/mol. The monoisotopic (exact) mass is 301 g/mol. The molecule has 3 aromatic rings. The van der Waals surface area contributed by atoms with Crippen molar-refractivity contribution < 1.29 is 4.74 Å². The average Bonchev–Trinajstić information content (AvgIpc) is 2.39. The van der Waals surface area contributed by atoms with Gasteiger partial charge in [-0.3, -0.25) is 4.98 Å². The summed E-state index contributed by atoms with van der Waals surface area (Å²) in [6.45, 7) is 0. The third-order valence-electron chi connectivity index (χ3n) is 2.40. The molecule has 0 amide bonds. The van der Waals surface area contributed by atoms with Crippen LogP contribution in [0.3, 0.4) is 0 Å². The molecule has 0 unspecified atom stereocenters. The minimum atomic E-state index is 0.481. The van der Waals surface area contributed by atoms with E-state index in [4.69, 9.17) is 4.74 Å². The van der Waals surface area contributed by atoms with Crippen LogP contribution in [-0.2, 0) is 0 Å². The van der Waals surface area contributed by atoms with Gasteiger partial charge in [0.05, 0.1) is 11.7 Å². The second kappa shape index (κ2) is 4.70. The Labute approximate surface area is 112 Å². The van der Waals surface area contributed by atoms with Crippen molar-refractivity contribution >= 4 is 26.8 Å². The number of nitrogens with zero attached hydrogens (tertiary/aromatic N) is 3. The van der Waals surface area contributed by atoms with Gasteiger partial charge in [0.2, 0.25) is 5.88 Å². The highest BCUT2D eigenvalue weighted by atomic mass is 79.9. The van der Waals surface area contributed by atoms with Crippen LogP contribution in [0.25, 0.3) is 10.9 Å². The van der Waals surface area contributed by atoms with Crippen molar-refractivity contribution in [2.24, 2.45) is 0 Å². The number of pyridine rings is 1. The summed E-state index contributed by atoms with van der Waals surface area (Å²) in [6, 6.07) is 11.5. The Hall–Kier alpha value is -2.01. The zero-order chi connectivity index (χ0) is 12.4. The van der Waals surface area contributed by atoms with E-state index in [9.17, 15) is 0 Å². The van der Waals surface area contributed by atoms with Gasteiger partial charge in [-0.05, 0) is 28.1 Å². The zero-order valence-electron chi connectivity index (χ0n) is 9.25. The summed E-state index contributed by atoms with van der Waals surface area (Å²) in [5.74, 6) is 1.13. The number of rotatable bonds is 2. The van der Waals surface area contributed by atoms with Crippen LogP contribution in [0.5, 0.6) is 11.6 Å². The fraction of sp³-hybridized carbons (Fsp3) is 0. The molecule has 88 valence electrons. The van der Waals surface area contributed by atoms with Gasteiger partial charge in [0, 0.05) is 11.5 Å². The maximum atomic E-state index is 5.62. The first-order valence-corrected chi connectivity index (χ1v) is 6.11. The molecular formula is C13H8BrN3O. The third-order valence-corrected chi connectivity index (χ3v) is 2.83. The van der Waals surface area contributed by atoms with E-state index in [1.807, 2.05) is 30.3 Å². The second-order valence-corrected chi connectivity index (χ2v) is 4.46. The Morgan fingerprint density at radius 3 is 2.78 bits per heavy atom. The van der Waals surface area contributed by atoms with Gasteiger partial charge >= 0.3 is 0 Å². The number of halogens is 1. The van der Waals surface area contributed by atoms with Gasteiger partial charge in [-0.15, -0.1) is 0 Å². The molecule has 0 aliphatic rings. The summed E-state index contributed by atoms with van der Waals surface area (Å²) >= 11 is 3.27. The lowest BCUT2D eigenvalue weighted by Gasteiger charge is -2.05. The van der Waals surface area contributed by atoms with Crippen molar-refractivity contribution in [2.45, 2.75) is 0 Å². The molecule has 2 aromatic heterocycles. The highest BCUT2D eigenvalue weighted by Crippen LogP contribution is 2.23. The van der Waals surface area contributed by atoms with Crippen LogP contribution in [0, 0.1) is 0 Å². The number of aromatic nitrogens is 3. The number of ether oxygens (including phenoxy) is 1. The number of hydrogen-bond donors (Lipinski definition) is 0. The molecule has 0 bridgehead atoms. The van der Waals surface area contributed by atoms with E-state index in [0.717, 1.165) is 10.9 Å². The first-order chi connectivity index (χ1) is 8.81. The molecule has 0 spiro atoms. The summed E-state index contributed by atoms with van der Waals surface area (Å²) in [7, 11) is 0. The zero-order valence-corrected chi connectivity index (χ0v) is 10.8. The van der Waals surface area contributed by atoms with Gasteiger partial charge in [0.25, 0.3) is 0 Å². The second-order valence-electron chi connectivity index (χ2n) is 3.64. The molecule has 3 rings (SSSR count). The molecule has 18 heavy (non-hydrogen) atoms. The van der Waals surface area contributed by atoms with Gasteiger partial charge in [-0.1, -0.05) is 18.2 Å². The lowest BCUT2D eigenvalue weighted by Crippen LogP contribution is -1.90. The normalized spacial score (nSPS) is 10.5. The molecule has 0 saturated heterocycles. The summed E-state index contributed by atoms with van der Waals surface area (Å²) in [6.07, 6.45) is 3.12. The molecule has 0 saturated carbocycles. The molecule has 0 aliphatic carbocycles. The van der Waals surface area contributed by atoms with E-state index >= 15 is 0 Å². The fourth-order valence-electron chi connectivity index (χ4n) is 1.60. The Bertz CT molecular complexity index is 702. The first kappa shape index (κ1) is 11.1. The van der Waals surface area contributed by atoms with E-state index in [-0.39, 0.29) is 0 Å². The van der Waals surface area contributed by atoms with Crippen molar-refractivity contribution in [3.05, 3.63) is 53.5 Å². The van der Waals surface area contributed by atoms with Crippen LogP contribution in [0.1, 0.15) is 0 Å². The molecule has 2 heterocycles. The van der Waals surface area contributed by atoms with Crippen LogP contribution in [0.15, 0.2) is 53.5 Å². The molecule has 0 fully saturated rings. The Kier molecular flexibility index (Phi) is 2.90. The topological polar surface area (TPSA) is 47.9 Å². The van der Waals surface area contributed by atoms with Gasteiger partial charge < -0.3 is 4.74 Å². The summed E-state index contributed by atoms with van der Waals surface area (Å²) in [5, 5.41) is 1.03. The molecule has 1 aromatic carbocycles. The molecule has 0 aliphatic heterocycles. The molecule has 5 heteroatoms. The van der Waals surface area contributed by atoms with Crippen molar-refractivity contribution in [3.8, 4) is 11.6 Å². The van der Waals surface area contributed by atoms with Crippen LogP contribution in [0.4, 0.5) is 0 Å². The van der Waals surface area contributed by atoms with E-state index in [0.29, 0.717) is 16.2 Å². The number of hydrogen-bond acceptors (Lipinski definition) is 4. The van der Waals surface area contributed by atoms with Crippen molar-refractivity contribution in [1.29, 1.82) is 0 Å². The number of fused-ring (bicyclic) bond motifs is 1. The number of para-hydroxylation sites is 1. The number of benzene rings is 1. The van der Waals surface area contributed by atoms with Gasteiger partial charge in [-0.25, -0.2) is 9.97 Å². The van der Waals surface area contributed by atoms with Gasteiger partial charge in [-0.2, -0.15) is 0 Å². The Morgan fingerprint density at radius 2 is 1.89 bits per heavy atom. The predicted octanol–water partition coefficient (Wildman–Crippen LogP) is 3.58. The highest BCUT2D eigenvalue weighted by molar-refractivity contribution is 9.10. The maximum Gasteiger partial charge on any atom is 0.223 e. The largest absolute Gasteiger partial charge is 0.437 e. The van der Waals surface area contributed by atoms with Crippen molar-refractivity contribution in [2.75, 3.05) is 0 Å². The standard InChI is InChI=1S/C13H8BrN3O/c14-12-6-13(17-8-16-12)18-10-5-9-3-1-2-4-11(9)15-7-10/h1-8H. The van der Waals surface area contributed by atoms with Crippen LogP contribution in [0.2, 0.25) is 0 Å². The van der Waals surface area contributed by atoms with E-state index in [2.05, 4.69) is 30.9 Å². The minimum absolute atomic E-state index is 0.481. The summed E-state index contributed by atoms with van der Waals surface area (Å²) < 4.78 is 6.31. The predicted molar refractivity (Wildman–Crippen MR) is 71.5 cm³/mol. The maximum absolute atomic E-state index is 5.62. The SMILES string of the molecule is Brc1cc(Oc2cnc3ccccc3c2)ncn1. The highest BCUT2D eigenvalue weighted by Gasteiger charge is 2.02. The summed E-state index contributed by atoms with van der Waals surface area (Å²) in [4.78, 5) is 12.3. The Balaban J connectivity index is 1.95. The van der Waals surface area contributed by atoms with Crippen molar-refractivity contribution in [3.63, 3.8) is 0 Å². The fourth-order valence-corrected chi connectivity index (χ4v) is 1.89. The lowest BCUT2D eigenvalue weighted by molar-refractivity contribution is 0.459. The third kappa shape index (κ3) is 2.31. The van der Waals surface area contributed by atoms with Crippen LogP contribution in [-0.4, -0.2) is 15.0 Å². The molecule has 0 N–H and O–H groups in total. The van der Waals surface area contributed by atoms with Crippen LogP contribution >= 0.6 is 15.9 Å². The van der Waals surface area contributed by atoms with Crippen molar-refractivity contribution in [1.82, 2.24) is 15.0 Å². The lowest BCUT2D eigenvalue weighted by atomic mass is 10.2. The van der Waals surface area contributed by atoms with Crippen LogP contribution < -0.4 is 4.74 Å². The molecule has 4 nitrogen and oxygen atoms in total. The Morgan fingerprint density at radius 1 is 1.00 bits per heavy atom. The van der Waals surface area contributed by atoms with E-state index in [1.165, 1.54) is 6.33 Å². The summed E-state index contributed by atoms with van der Waals surface area (Å²) in [5.41, 5.74) is 0.939. The smallest absolute Gasteiger partial charge is 0.223 e. The van der Waals surface area contributed by atoms with E-state index < -0.39 is 0 Å². The quantitative estimate of drug-likeness (QED) is 0.679. The van der Waals surface area contributed by atoms with E-state index in [1.54, 1.807) is 12.3 Å². The molecule has 0 atom stereocenters. The van der Waals surface area contributed by atoms with Gasteiger partial charge in [0.15, 0.2) is 0 Å². The minimum Gasteiger partial charge on any atom is -0.437 e. The first-order valence-electron chi connectivity index (χ1n) is 5.31. The average molecular weight is 302 g/mol.